The highest BCUT2D eigenvalue weighted by Crippen LogP contribution is 2.22. The Kier molecular flexibility index (Phi) is 2.93. The molecule has 0 amide bonds. The van der Waals surface area contributed by atoms with Crippen LogP contribution in [0.4, 0.5) is 4.39 Å². The number of rotatable bonds is 2. The minimum absolute atomic E-state index is 0.174. The van der Waals surface area contributed by atoms with Crippen LogP contribution in [0.25, 0.3) is 5.69 Å². The summed E-state index contributed by atoms with van der Waals surface area (Å²) in [6, 6.07) is 3.95. The Bertz CT molecular complexity index is 594. The van der Waals surface area contributed by atoms with E-state index >= 15 is 0 Å². The van der Waals surface area contributed by atoms with Gasteiger partial charge in [-0.05, 0) is 25.1 Å². The van der Waals surface area contributed by atoms with E-state index in [1.165, 1.54) is 29.8 Å². The molecule has 0 saturated heterocycles. The molecule has 1 aromatic carbocycles. The van der Waals surface area contributed by atoms with Gasteiger partial charge in [-0.15, -0.1) is 5.10 Å². The highest BCUT2D eigenvalue weighted by atomic mass is 35.5. The summed E-state index contributed by atoms with van der Waals surface area (Å²) in [6.07, 6.45) is 0. The first-order chi connectivity index (χ1) is 8.00. The molecular formula is C11H9ClFN3O. The molecule has 1 heterocycles. The van der Waals surface area contributed by atoms with Crippen LogP contribution in [0.5, 0.6) is 0 Å². The van der Waals surface area contributed by atoms with Gasteiger partial charge in [-0.1, -0.05) is 16.8 Å². The molecule has 0 saturated carbocycles. The lowest BCUT2D eigenvalue weighted by molar-refractivity contribution is 0.101. The van der Waals surface area contributed by atoms with E-state index in [1.54, 1.807) is 6.92 Å². The average molecular weight is 254 g/mol. The van der Waals surface area contributed by atoms with Gasteiger partial charge in [0.25, 0.3) is 0 Å². The molecule has 0 atom stereocenters. The van der Waals surface area contributed by atoms with Gasteiger partial charge in [-0.3, -0.25) is 4.79 Å². The number of carbonyl (C=O) groups is 1. The molecule has 17 heavy (non-hydrogen) atoms. The van der Waals surface area contributed by atoms with E-state index in [0.717, 1.165) is 0 Å². The van der Waals surface area contributed by atoms with Crippen molar-refractivity contribution in [2.24, 2.45) is 0 Å². The zero-order valence-electron chi connectivity index (χ0n) is 9.24. The van der Waals surface area contributed by atoms with Crippen molar-refractivity contribution in [3.8, 4) is 5.69 Å². The molecule has 1 aromatic heterocycles. The van der Waals surface area contributed by atoms with E-state index < -0.39 is 5.82 Å². The monoisotopic (exact) mass is 253 g/mol. The van der Waals surface area contributed by atoms with Crippen molar-refractivity contribution in [2.45, 2.75) is 13.8 Å². The molecule has 0 aliphatic heterocycles. The standard InChI is InChI=1S/C11H9ClFN3O/c1-6-11(7(2)17)14-15-16(6)10-4-3-8(13)5-9(10)12/h3-5H,1-2H3. The van der Waals surface area contributed by atoms with Gasteiger partial charge in [0.05, 0.1) is 16.4 Å². The fraction of sp³-hybridized carbons (Fsp3) is 0.182. The molecule has 0 fully saturated rings. The van der Waals surface area contributed by atoms with E-state index in [-0.39, 0.29) is 16.5 Å². The zero-order valence-corrected chi connectivity index (χ0v) is 9.99. The molecule has 0 N–H and O–H groups in total. The predicted molar refractivity (Wildman–Crippen MR) is 61.1 cm³/mol. The van der Waals surface area contributed by atoms with Crippen molar-refractivity contribution < 1.29 is 9.18 Å². The maximum atomic E-state index is 12.9. The van der Waals surface area contributed by atoms with Gasteiger partial charge < -0.3 is 0 Å². The SMILES string of the molecule is CC(=O)c1nnn(-c2ccc(F)cc2Cl)c1C. The second-order valence-electron chi connectivity index (χ2n) is 3.59. The van der Waals surface area contributed by atoms with E-state index in [2.05, 4.69) is 10.3 Å². The van der Waals surface area contributed by atoms with Gasteiger partial charge in [-0.2, -0.15) is 0 Å². The van der Waals surface area contributed by atoms with Crippen LogP contribution in [0.2, 0.25) is 5.02 Å². The van der Waals surface area contributed by atoms with Crippen LogP contribution in [-0.2, 0) is 0 Å². The maximum absolute atomic E-state index is 12.9. The van der Waals surface area contributed by atoms with Gasteiger partial charge in [0.1, 0.15) is 5.82 Å². The predicted octanol–water partition coefficient (Wildman–Crippen LogP) is 2.57. The number of nitrogens with zero attached hydrogens (tertiary/aromatic N) is 3. The lowest BCUT2D eigenvalue weighted by Crippen LogP contribution is -2.02. The van der Waals surface area contributed by atoms with Crippen molar-refractivity contribution in [1.29, 1.82) is 0 Å². The second kappa shape index (κ2) is 4.25. The van der Waals surface area contributed by atoms with E-state index in [0.29, 0.717) is 11.4 Å². The van der Waals surface area contributed by atoms with Crippen LogP contribution in [-0.4, -0.2) is 20.8 Å². The number of benzene rings is 1. The van der Waals surface area contributed by atoms with Crippen molar-refractivity contribution in [1.82, 2.24) is 15.0 Å². The number of halogens is 2. The van der Waals surface area contributed by atoms with E-state index in [4.69, 9.17) is 11.6 Å². The fourth-order valence-corrected chi connectivity index (χ4v) is 1.78. The van der Waals surface area contributed by atoms with Crippen LogP contribution in [0.15, 0.2) is 18.2 Å². The third-order valence-corrected chi connectivity index (χ3v) is 2.67. The molecule has 0 spiro atoms. The Morgan fingerprint density at radius 2 is 2.18 bits per heavy atom. The minimum Gasteiger partial charge on any atom is -0.293 e. The van der Waals surface area contributed by atoms with Crippen LogP contribution in [0.1, 0.15) is 23.1 Å². The molecule has 4 nitrogen and oxygen atoms in total. The first-order valence-electron chi connectivity index (χ1n) is 4.89. The summed E-state index contributed by atoms with van der Waals surface area (Å²) in [7, 11) is 0. The molecule has 0 aliphatic carbocycles. The number of carbonyl (C=O) groups excluding carboxylic acids is 1. The van der Waals surface area contributed by atoms with Gasteiger partial charge in [0.2, 0.25) is 0 Å². The summed E-state index contributed by atoms with van der Waals surface area (Å²) in [5, 5.41) is 7.82. The highest BCUT2D eigenvalue weighted by molar-refractivity contribution is 6.32. The quantitative estimate of drug-likeness (QED) is 0.773. The lowest BCUT2D eigenvalue weighted by Gasteiger charge is -2.05. The molecular weight excluding hydrogens is 245 g/mol. The summed E-state index contributed by atoms with van der Waals surface area (Å²) < 4.78 is 14.3. The number of hydrogen-bond donors (Lipinski definition) is 0. The van der Waals surface area contributed by atoms with Crippen molar-refractivity contribution >= 4 is 17.4 Å². The molecule has 88 valence electrons. The van der Waals surface area contributed by atoms with Gasteiger partial charge in [0.15, 0.2) is 11.5 Å². The van der Waals surface area contributed by atoms with Gasteiger partial charge in [-0.25, -0.2) is 9.07 Å². The first-order valence-corrected chi connectivity index (χ1v) is 5.27. The second-order valence-corrected chi connectivity index (χ2v) is 3.99. The van der Waals surface area contributed by atoms with E-state index in [9.17, 15) is 9.18 Å². The number of Topliss-reactive ketones (excluding diaryl/α,β-unsaturated/α-hetero) is 1. The Balaban J connectivity index is 2.57. The largest absolute Gasteiger partial charge is 0.293 e. The lowest BCUT2D eigenvalue weighted by atomic mass is 10.2. The molecule has 0 unspecified atom stereocenters. The summed E-state index contributed by atoms with van der Waals surface area (Å²) >= 11 is 5.91. The summed E-state index contributed by atoms with van der Waals surface area (Å²) in [6.45, 7) is 3.12. The van der Waals surface area contributed by atoms with Crippen LogP contribution >= 0.6 is 11.6 Å². The molecule has 0 aliphatic rings. The topological polar surface area (TPSA) is 47.8 Å². The first kappa shape index (κ1) is 11.7. The Hall–Kier alpha value is -1.75. The third kappa shape index (κ3) is 2.06. The average Bonchev–Trinajstić information content (AvgIpc) is 2.60. The fourth-order valence-electron chi connectivity index (χ4n) is 1.54. The zero-order chi connectivity index (χ0) is 12.6. The Labute approximate surface area is 102 Å². The van der Waals surface area contributed by atoms with Gasteiger partial charge in [0, 0.05) is 6.92 Å². The smallest absolute Gasteiger partial charge is 0.181 e. The minimum atomic E-state index is -0.427. The normalized spacial score (nSPS) is 10.6. The third-order valence-electron chi connectivity index (χ3n) is 2.37. The Morgan fingerprint density at radius 1 is 1.47 bits per heavy atom. The molecule has 6 heteroatoms. The maximum Gasteiger partial charge on any atom is 0.181 e. The molecule has 2 aromatic rings. The summed E-state index contributed by atoms with van der Waals surface area (Å²) in [4.78, 5) is 11.2. The Morgan fingerprint density at radius 3 is 2.71 bits per heavy atom. The number of hydrogen-bond acceptors (Lipinski definition) is 3. The van der Waals surface area contributed by atoms with Crippen LogP contribution in [0.3, 0.4) is 0 Å². The summed E-state index contributed by atoms with van der Waals surface area (Å²) in [5.41, 5.74) is 1.35. The van der Waals surface area contributed by atoms with Crippen LogP contribution in [0, 0.1) is 12.7 Å². The van der Waals surface area contributed by atoms with Gasteiger partial charge >= 0.3 is 0 Å². The van der Waals surface area contributed by atoms with E-state index in [1.807, 2.05) is 0 Å². The number of aromatic nitrogens is 3. The molecule has 0 radical (unpaired) electrons. The van der Waals surface area contributed by atoms with Crippen molar-refractivity contribution in [2.75, 3.05) is 0 Å². The van der Waals surface area contributed by atoms with Crippen molar-refractivity contribution in [3.05, 3.63) is 40.4 Å². The summed E-state index contributed by atoms with van der Waals surface area (Å²) in [5.74, 6) is -0.602. The van der Waals surface area contributed by atoms with Crippen LogP contribution < -0.4 is 0 Å². The molecule has 0 bridgehead atoms. The van der Waals surface area contributed by atoms with Crippen molar-refractivity contribution in [3.63, 3.8) is 0 Å². The molecule has 2 rings (SSSR count). The highest BCUT2D eigenvalue weighted by Gasteiger charge is 2.15. The number of ketones is 1.